The molecule has 28 heavy (non-hydrogen) atoms. The lowest BCUT2D eigenvalue weighted by molar-refractivity contribution is 0.111. The number of imidazole rings is 1. The largest absolute Gasteiger partial charge is 0.318 e. The molecule has 0 saturated carbocycles. The van der Waals surface area contributed by atoms with Gasteiger partial charge < -0.3 is 4.57 Å². The number of aryl methyl sites for hydroxylation is 1. The number of aromatic nitrogens is 2. The van der Waals surface area contributed by atoms with Crippen molar-refractivity contribution in [2.45, 2.75) is 12.5 Å². The lowest BCUT2D eigenvalue weighted by Gasteiger charge is -2.38. The molecule has 1 aromatic heterocycles. The third kappa shape index (κ3) is 2.94. The Balaban J connectivity index is 2.15. The molecule has 138 valence electrons. The average Bonchev–Trinajstić information content (AvgIpc) is 3.21. The maximum atomic E-state index is 11.4. The molecule has 1 unspecified atom stereocenters. The second-order valence-corrected chi connectivity index (χ2v) is 7.15. The number of hydrogen-bond acceptors (Lipinski definition) is 2. The molecule has 4 aromatic rings. The molecule has 3 nitrogen and oxygen atoms in total. The second-order valence-electron chi connectivity index (χ2n) is 6.75. The first-order chi connectivity index (χ1) is 13.7. The van der Waals surface area contributed by atoms with Crippen molar-refractivity contribution in [1.82, 2.24) is 9.55 Å². The predicted molar refractivity (Wildman–Crippen MR) is 112 cm³/mol. The minimum Gasteiger partial charge on any atom is -0.318 e. The normalized spacial score (nSPS) is 13.1. The maximum Gasteiger partial charge on any atom is 0.169 e. The molecular weight excluding hydrogens is 368 g/mol. The topological polar surface area (TPSA) is 34.9 Å². The van der Waals surface area contributed by atoms with Crippen molar-refractivity contribution in [3.05, 3.63) is 124 Å². The zero-order valence-electron chi connectivity index (χ0n) is 15.4. The summed E-state index contributed by atoms with van der Waals surface area (Å²) in [4.78, 5) is 15.6. The summed E-state index contributed by atoms with van der Waals surface area (Å²) in [5.74, 6) is 0. The molecule has 3 aromatic carbocycles. The summed E-state index contributed by atoms with van der Waals surface area (Å²) in [7, 11) is 0. The lowest BCUT2D eigenvalue weighted by Crippen LogP contribution is -2.37. The zero-order valence-corrected chi connectivity index (χ0v) is 16.2. The molecule has 0 fully saturated rings. The summed E-state index contributed by atoms with van der Waals surface area (Å²) >= 11 is 6.73. The fraction of sp³-hybridized carbons (Fsp3) is 0.0833. The van der Waals surface area contributed by atoms with Gasteiger partial charge in [-0.1, -0.05) is 90.0 Å². The van der Waals surface area contributed by atoms with Gasteiger partial charge in [0.25, 0.3) is 0 Å². The smallest absolute Gasteiger partial charge is 0.169 e. The quantitative estimate of drug-likeness (QED) is 0.335. The fourth-order valence-corrected chi connectivity index (χ4v) is 4.00. The minimum absolute atomic E-state index is 0.375. The van der Waals surface area contributed by atoms with Crippen LogP contribution < -0.4 is 0 Å². The van der Waals surface area contributed by atoms with Gasteiger partial charge in [0.2, 0.25) is 0 Å². The summed E-state index contributed by atoms with van der Waals surface area (Å²) in [5.41, 5.74) is 3.76. The lowest BCUT2D eigenvalue weighted by atomic mass is 9.76. The summed E-state index contributed by atoms with van der Waals surface area (Å²) in [6, 6.07) is 26.3. The molecule has 4 rings (SSSR count). The molecule has 0 amide bonds. The maximum absolute atomic E-state index is 11.4. The van der Waals surface area contributed by atoms with Crippen molar-refractivity contribution in [3.8, 4) is 0 Å². The molecule has 0 aliphatic carbocycles. The van der Waals surface area contributed by atoms with Gasteiger partial charge in [0.15, 0.2) is 6.29 Å². The van der Waals surface area contributed by atoms with E-state index in [1.165, 1.54) is 5.56 Å². The molecule has 0 aliphatic heterocycles. The molecule has 0 saturated heterocycles. The Kier molecular flexibility index (Phi) is 4.84. The monoisotopic (exact) mass is 386 g/mol. The zero-order chi connectivity index (χ0) is 19.6. The third-order valence-electron chi connectivity index (χ3n) is 5.04. The number of carbonyl (C=O) groups excluding carboxylic acids is 1. The molecule has 1 heterocycles. The molecule has 0 aliphatic rings. The van der Waals surface area contributed by atoms with Crippen LogP contribution in [0.2, 0.25) is 5.02 Å². The number of benzene rings is 3. The summed E-state index contributed by atoms with van der Waals surface area (Å²) in [6.45, 7) is 2.06. The Labute approximate surface area is 169 Å². The van der Waals surface area contributed by atoms with Crippen molar-refractivity contribution in [1.29, 1.82) is 0 Å². The van der Waals surface area contributed by atoms with E-state index in [4.69, 9.17) is 11.6 Å². The summed E-state index contributed by atoms with van der Waals surface area (Å²) < 4.78 is 1.97. The Hall–Kier alpha value is -3.17. The molecular formula is C24H19ClN2O. The van der Waals surface area contributed by atoms with E-state index in [0.717, 1.165) is 23.0 Å². The average molecular weight is 387 g/mol. The van der Waals surface area contributed by atoms with Crippen LogP contribution in [-0.4, -0.2) is 15.8 Å². The highest BCUT2D eigenvalue weighted by atomic mass is 35.5. The molecule has 0 N–H and O–H groups in total. The molecule has 0 spiro atoms. The van der Waals surface area contributed by atoms with E-state index in [2.05, 4.69) is 48.3 Å². The summed E-state index contributed by atoms with van der Waals surface area (Å²) in [6.07, 6.45) is 4.22. The molecule has 1 atom stereocenters. The molecule has 0 bridgehead atoms. The number of aldehydes is 1. The standard InChI is InChI=1S/C24H19ClN2O/c1-18-11-13-20(14-12-18)24(19-7-3-2-4-8-19,22-9-5-6-10-23(22)25)27-15-21(16-28)26-17-27/h2-17H,1H3. The van der Waals surface area contributed by atoms with Gasteiger partial charge in [0.05, 0.1) is 6.33 Å². The van der Waals surface area contributed by atoms with E-state index in [9.17, 15) is 4.79 Å². The van der Waals surface area contributed by atoms with Crippen molar-refractivity contribution in [3.63, 3.8) is 0 Å². The van der Waals surface area contributed by atoms with E-state index in [1.807, 2.05) is 47.0 Å². The first kappa shape index (κ1) is 18.2. The predicted octanol–water partition coefficient (Wildman–Crippen LogP) is 5.50. The van der Waals surface area contributed by atoms with Crippen LogP contribution in [0.1, 0.15) is 32.7 Å². The van der Waals surface area contributed by atoms with Crippen molar-refractivity contribution >= 4 is 17.9 Å². The van der Waals surface area contributed by atoms with Gasteiger partial charge >= 0.3 is 0 Å². The number of rotatable bonds is 5. The number of halogens is 1. The van der Waals surface area contributed by atoms with E-state index >= 15 is 0 Å². The number of nitrogens with zero attached hydrogens (tertiary/aromatic N) is 2. The van der Waals surface area contributed by atoms with Gasteiger partial charge in [0, 0.05) is 16.8 Å². The van der Waals surface area contributed by atoms with Crippen LogP contribution in [0, 0.1) is 6.92 Å². The first-order valence-corrected chi connectivity index (χ1v) is 9.41. The minimum atomic E-state index is -0.762. The number of carbonyl (C=O) groups is 1. The van der Waals surface area contributed by atoms with Gasteiger partial charge in [-0.25, -0.2) is 4.98 Å². The Bertz CT molecular complexity index is 1100. The van der Waals surface area contributed by atoms with Crippen LogP contribution in [-0.2, 0) is 5.54 Å². The highest BCUT2D eigenvalue weighted by Crippen LogP contribution is 2.43. The van der Waals surface area contributed by atoms with Crippen molar-refractivity contribution < 1.29 is 4.79 Å². The second kappa shape index (κ2) is 7.45. The highest BCUT2D eigenvalue weighted by molar-refractivity contribution is 6.31. The van der Waals surface area contributed by atoms with Crippen LogP contribution >= 0.6 is 11.6 Å². The van der Waals surface area contributed by atoms with Gasteiger partial charge in [-0.3, -0.25) is 4.79 Å². The highest BCUT2D eigenvalue weighted by Gasteiger charge is 2.39. The van der Waals surface area contributed by atoms with E-state index < -0.39 is 5.54 Å². The Morgan fingerprint density at radius 1 is 0.893 bits per heavy atom. The Morgan fingerprint density at radius 2 is 1.54 bits per heavy atom. The first-order valence-electron chi connectivity index (χ1n) is 9.03. The van der Waals surface area contributed by atoms with Gasteiger partial charge in [-0.15, -0.1) is 0 Å². The molecule has 0 radical (unpaired) electrons. The van der Waals surface area contributed by atoms with Crippen molar-refractivity contribution in [2.75, 3.05) is 0 Å². The van der Waals surface area contributed by atoms with Crippen molar-refractivity contribution in [2.24, 2.45) is 0 Å². The van der Waals surface area contributed by atoms with E-state index in [1.54, 1.807) is 12.5 Å². The fourth-order valence-electron chi connectivity index (χ4n) is 3.73. The van der Waals surface area contributed by atoms with Gasteiger partial charge in [-0.2, -0.15) is 0 Å². The van der Waals surface area contributed by atoms with Crippen LogP contribution in [0.3, 0.4) is 0 Å². The van der Waals surface area contributed by atoms with Gasteiger partial charge in [0.1, 0.15) is 11.2 Å². The van der Waals surface area contributed by atoms with Crippen LogP contribution in [0.4, 0.5) is 0 Å². The molecule has 4 heteroatoms. The summed E-state index contributed by atoms with van der Waals surface area (Å²) in [5, 5.41) is 0.647. The SMILES string of the molecule is Cc1ccc(C(c2ccccc2)(c2ccccc2Cl)n2cnc(C=O)c2)cc1. The van der Waals surface area contributed by atoms with Crippen LogP contribution in [0.25, 0.3) is 0 Å². The van der Waals surface area contributed by atoms with E-state index in [0.29, 0.717) is 10.7 Å². The van der Waals surface area contributed by atoms with E-state index in [-0.39, 0.29) is 0 Å². The van der Waals surface area contributed by atoms with Gasteiger partial charge in [-0.05, 0) is 24.1 Å². The third-order valence-corrected chi connectivity index (χ3v) is 5.36. The number of hydrogen-bond donors (Lipinski definition) is 0. The van der Waals surface area contributed by atoms with Crippen LogP contribution in [0.5, 0.6) is 0 Å². The van der Waals surface area contributed by atoms with Crippen LogP contribution in [0.15, 0.2) is 91.4 Å². The Morgan fingerprint density at radius 3 is 2.18 bits per heavy atom.